The number of halogens is 1. The second kappa shape index (κ2) is 3.19. The van der Waals surface area contributed by atoms with Gasteiger partial charge < -0.3 is 9.92 Å². The Morgan fingerprint density at radius 1 is 1.38 bits per heavy atom. The van der Waals surface area contributed by atoms with Crippen LogP contribution in [-0.4, -0.2) is 8.42 Å². The molecule has 0 bridgehead atoms. The van der Waals surface area contributed by atoms with Crippen molar-refractivity contribution in [3.63, 3.8) is 0 Å². The lowest BCUT2D eigenvalue weighted by molar-refractivity contribution is 0.463. The minimum atomic E-state index is -4.21. The fourth-order valence-electron chi connectivity index (χ4n) is 0.709. The average Bonchev–Trinajstić information content (AvgIpc) is 1.94. The molecule has 13 heavy (non-hydrogen) atoms. The molecular formula is C6H7FN2O3S. The molecule has 72 valence electrons. The van der Waals surface area contributed by atoms with Crippen LogP contribution >= 0.6 is 0 Å². The van der Waals surface area contributed by atoms with Crippen molar-refractivity contribution in [1.82, 2.24) is 0 Å². The van der Waals surface area contributed by atoms with Crippen LogP contribution in [0.5, 0.6) is 5.75 Å². The Hall–Kier alpha value is -1.34. The van der Waals surface area contributed by atoms with Gasteiger partial charge in [-0.3, -0.25) is 0 Å². The van der Waals surface area contributed by atoms with Crippen molar-refractivity contribution in [3.05, 3.63) is 24.0 Å². The van der Waals surface area contributed by atoms with Crippen molar-refractivity contribution < 1.29 is 17.0 Å². The Labute approximate surface area is 74.4 Å². The van der Waals surface area contributed by atoms with E-state index in [1.54, 1.807) is 0 Å². The van der Waals surface area contributed by atoms with Crippen molar-refractivity contribution in [2.24, 2.45) is 5.14 Å². The van der Waals surface area contributed by atoms with E-state index in [2.05, 4.69) is 9.32 Å². The summed E-state index contributed by atoms with van der Waals surface area (Å²) in [6, 6.07) is 3.28. The Morgan fingerprint density at radius 3 is 2.54 bits per heavy atom. The van der Waals surface area contributed by atoms with E-state index in [1.165, 1.54) is 6.07 Å². The van der Waals surface area contributed by atoms with Crippen LogP contribution in [0.4, 0.5) is 10.1 Å². The summed E-state index contributed by atoms with van der Waals surface area (Å²) in [5, 5.41) is 4.53. The summed E-state index contributed by atoms with van der Waals surface area (Å²) in [5.41, 5.74) is 5.44. The predicted octanol–water partition coefficient (Wildman–Crippen LogP) is -0.00980. The summed E-state index contributed by atoms with van der Waals surface area (Å²) in [6.07, 6.45) is 0. The maximum Gasteiger partial charge on any atom is 0.380 e. The Bertz CT molecular complexity index is 418. The van der Waals surface area contributed by atoms with Gasteiger partial charge in [0, 0.05) is 11.8 Å². The first-order valence-electron chi connectivity index (χ1n) is 3.16. The minimum Gasteiger partial charge on any atom is -0.399 e. The molecule has 0 saturated heterocycles. The molecule has 0 fully saturated rings. The van der Waals surface area contributed by atoms with E-state index in [9.17, 15) is 12.8 Å². The number of hydrogen-bond donors (Lipinski definition) is 2. The first kappa shape index (κ1) is 9.75. The average molecular weight is 206 g/mol. The van der Waals surface area contributed by atoms with Crippen molar-refractivity contribution in [2.45, 2.75) is 0 Å². The maximum absolute atomic E-state index is 12.8. The first-order valence-corrected chi connectivity index (χ1v) is 4.63. The number of rotatable bonds is 2. The second-order valence-electron chi connectivity index (χ2n) is 2.27. The zero-order valence-corrected chi connectivity index (χ0v) is 7.21. The largest absolute Gasteiger partial charge is 0.399 e. The molecule has 1 aromatic carbocycles. The van der Waals surface area contributed by atoms with Crippen LogP contribution in [0.15, 0.2) is 18.2 Å². The highest BCUT2D eigenvalue weighted by Gasteiger charge is 2.10. The fraction of sp³-hybridized carbons (Fsp3) is 0. The molecule has 1 aromatic rings. The third kappa shape index (κ3) is 2.88. The third-order valence-electron chi connectivity index (χ3n) is 1.16. The Balaban J connectivity index is 3.08. The number of hydrogen-bond acceptors (Lipinski definition) is 4. The van der Waals surface area contributed by atoms with Crippen LogP contribution in [0.1, 0.15) is 0 Å². The molecule has 0 atom stereocenters. The molecule has 5 nitrogen and oxygen atoms in total. The van der Waals surface area contributed by atoms with E-state index in [4.69, 9.17) is 5.73 Å². The molecular weight excluding hydrogens is 199 g/mol. The summed E-state index contributed by atoms with van der Waals surface area (Å²) in [7, 11) is -4.21. The second-order valence-corrected chi connectivity index (χ2v) is 3.42. The molecule has 0 amide bonds. The zero-order valence-electron chi connectivity index (χ0n) is 6.40. The lowest BCUT2D eigenvalue weighted by atomic mass is 10.3. The van der Waals surface area contributed by atoms with Crippen molar-refractivity contribution in [2.75, 3.05) is 5.73 Å². The first-order chi connectivity index (χ1) is 5.88. The van der Waals surface area contributed by atoms with Gasteiger partial charge in [0.25, 0.3) is 0 Å². The van der Waals surface area contributed by atoms with Gasteiger partial charge in [0.15, 0.2) is 11.6 Å². The number of anilines is 1. The summed E-state index contributed by atoms with van der Waals surface area (Å²) in [4.78, 5) is 0. The SMILES string of the molecule is Nc1ccc(F)c(OS(N)(=O)=O)c1. The third-order valence-corrected chi connectivity index (χ3v) is 1.57. The smallest absolute Gasteiger partial charge is 0.380 e. The van der Waals surface area contributed by atoms with Crippen LogP contribution < -0.4 is 15.1 Å². The number of nitrogen functional groups attached to an aromatic ring is 1. The standard InChI is InChI=1S/C6H7FN2O3S/c7-5-2-1-4(8)3-6(5)12-13(9,10)11/h1-3H,8H2,(H2,9,10,11). The van der Waals surface area contributed by atoms with Gasteiger partial charge in [0.2, 0.25) is 0 Å². The van der Waals surface area contributed by atoms with Gasteiger partial charge in [0.05, 0.1) is 0 Å². The highest BCUT2D eigenvalue weighted by atomic mass is 32.2. The van der Waals surface area contributed by atoms with E-state index in [-0.39, 0.29) is 5.69 Å². The van der Waals surface area contributed by atoms with Crippen molar-refractivity contribution in [3.8, 4) is 5.75 Å². The van der Waals surface area contributed by atoms with E-state index < -0.39 is 21.9 Å². The summed E-state index contributed by atoms with van der Waals surface area (Å²) in [5.74, 6) is -1.36. The van der Waals surface area contributed by atoms with Crippen LogP contribution in [0.3, 0.4) is 0 Å². The fourth-order valence-corrected chi connectivity index (χ4v) is 1.09. The van der Waals surface area contributed by atoms with E-state index in [0.717, 1.165) is 12.1 Å². The van der Waals surface area contributed by atoms with Crippen LogP contribution in [-0.2, 0) is 10.3 Å². The monoisotopic (exact) mass is 206 g/mol. The van der Waals surface area contributed by atoms with Crippen LogP contribution in [0.25, 0.3) is 0 Å². The van der Waals surface area contributed by atoms with Crippen LogP contribution in [0.2, 0.25) is 0 Å². The summed E-state index contributed by atoms with van der Waals surface area (Å²) < 4.78 is 37.7. The molecule has 0 aliphatic carbocycles. The van der Waals surface area contributed by atoms with Crippen molar-refractivity contribution in [1.29, 1.82) is 0 Å². The van der Waals surface area contributed by atoms with Gasteiger partial charge in [-0.2, -0.15) is 13.6 Å². The molecule has 0 aliphatic rings. The quantitative estimate of drug-likeness (QED) is 0.665. The molecule has 0 spiro atoms. The van der Waals surface area contributed by atoms with E-state index in [0.29, 0.717) is 0 Å². The minimum absolute atomic E-state index is 0.181. The molecule has 0 aliphatic heterocycles. The lowest BCUT2D eigenvalue weighted by Crippen LogP contribution is -2.19. The molecule has 0 heterocycles. The predicted molar refractivity (Wildman–Crippen MR) is 44.5 cm³/mol. The lowest BCUT2D eigenvalue weighted by Gasteiger charge is -2.03. The van der Waals surface area contributed by atoms with Crippen molar-refractivity contribution >= 4 is 16.0 Å². The number of benzene rings is 1. The van der Waals surface area contributed by atoms with E-state index >= 15 is 0 Å². The zero-order chi connectivity index (χ0) is 10.1. The maximum atomic E-state index is 12.8. The molecule has 0 unspecified atom stereocenters. The highest BCUT2D eigenvalue weighted by Crippen LogP contribution is 2.20. The normalized spacial score (nSPS) is 11.2. The van der Waals surface area contributed by atoms with Gasteiger partial charge in [-0.05, 0) is 12.1 Å². The Morgan fingerprint density at radius 2 is 2.00 bits per heavy atom. The molecule has 0 aromatic heterocycles. The highest BCUT2D eigenvalue weighted by molar-refractivity contribution is 7.84. The van der Waals surface area contributed by atoms with Gasteiger partial charge >= 0.3 is 10.3 Å². The molecule has 7 heteroatoms. The van der Waals surface area contributed by atoms with E-state index in [1.807, 2.05) is 0 Å². The van der Waals surface area contributed by atoms with Gasteiger partial charge in [0.1, 0.15) is 0 Å². The topological polar surface area (TPSA) is 95.4 Å². The van der Waals surface area contributed by atoms with Gasteiger partial charge in [-0.25, -0.2) is 4.39 Å². The molecule has 0 saturated carbocycles. The van der Waals surface area contributed by atoms with Gasteiger partial charge in [-0.1, -0.05) is 0 Å². The van der Waals surface area contributed by atoms with Gasteiger partial charge in [-0.15, -0.1) is 0 Å². The molecule has 0 radical (unpaired) electrons. The number of nitrogens with two attached hydrogens (primary N) is 2. The summed E-state index contributed by atoms with van der Waals surface area (Å²) in [6.45, 7) is 0. The molecule has 1 rings (SSSR count). The Kier molecular flexibility index (Phi) is 2.39. The van der Waals surface area contributed by atoms with Crippen LogP contribution in [0, 0.1) is 5.82 Å². The molecule has 4 N–H and O–H groups in total. The summed E-state index contributed by atoms with van der Waals surface area (Å²) >= 11 is 0.